The minimum atomic E-state index is -0.941. The Hall–Kier alpha value is -1.30. The van der Waals surface area contributed by atoms with E-state index in [1.165, 1.54) is 28.8 Å². The highest BCUT2D eigenvalue weighted by Crippen LogP contribution is 2.34. The van der Waals surface area contributed by atoms with Crippen LogP contribution in [0.2, 0.25) is 0 Å². The van der Waals surface area contributed by atoms with Gasteiger partial charge in [-0.15, -0.1) is 11.8 Å². The normalized spacial score (nSPS) is 15.3. The Kier molecular flexibility index (Phi) is 6.90. The van der Waals surface area contributed by atoms with E-state index in [9.17, 15) is 19.3 Å². The Balaban J connectivity index is 2.16. The number of benzene rings is 1. The largest absolute Gasteiger partial charge is 0.465 e. The lowest BCUT2D eigenvalue weighted by Crippen LogP contribution is -2.41. The van der Waals surface area contributed by atoms with Crippen molar-refractivity contribution >= 4 is 51.8 Å². The first-order valence-electron chi connectivity index (χ1n) is 7.33. The first kappa shape index (κ1) is 19.0. The van der Waals surface area contributed by atoms with Crippen molar-refractivity contribution in [2.24, 2.45) is 0 Å². The van der Waals surface area contributed by atoms with Crippen LogP contribution in [0.15, 0.2) is 17.0 Å². The number of hydrogen-bond donors (Lipinski definition) is 2. The van der Waals surface area contributed by atoms with Crippen LogP contribution in [-0.4, -0.2) is 50.3 Å². The third-order valence-corrected chi connectivity index (χ3v) is 6.03. The Morgan fingerprint density at radius 2 is 2.17 bits per heavy atom. The van der Waals surface area contributed by atoms with Crippen molar-refractivity contribution in [1.82, 2.24) is 4.90 Å². The second kappa shape index (κ2) is 8.70. The number of alkyl halides is 1. The molecule has 0 bridgehead atoms. The third kappa shape index (κ3) is 4.85. The number of nitro groups is 1. The zero-order valence-electron chi connectivity index (χ0n) is 12.7. The zero-order valence-corrected chi connectivity index (χ0v) is 15.7. The van der Waals surface area contributed by atoms with E-state index >= 15 is 0 Å². The fourth-order valence-corrected chi connectivity index (χ4v) is 3.92. The van der Waals surface area contributed by atoms with Crippen molar-refractivity contribution in [2.75, 3.05) is 28.6 Å². The van der Waals surface area contributed by atoms with Gasteiger partial charge in [-0.3, -0.25) is 10.1 Å². The molecule has 24 heavy (non-hydrogen) atoms. The van der Waals surface area contributed by atoms with Crippen LogP contribution in [0.25, 0.3) is 0 Å². The van der Waals surface area contributed by atoms with Gasteiger partial charge < -0.3 is 15.3 Å². The molecule has 1 fully saturated rings. The van der Waals surface area contributed by atoms with E-state index in [0.29, 0.717) is 36.5 Å². The highest BCUT2D eigenvalue weighted by Gasteiger charge is 2.24. The van der Waals surface area contributed by atoms with Crippen LogP contribution in [0.5, 0.6) is 0 Å². The number of anilines is 1. The van der Waals surface area contributed by atoms with Crippen LogP contribution in [0, 0.1) is 15.9 Å². The fourth-order valence-electron chi connectivity index (χ4n) is 2.50. The van der Waals surface area contributed by atoms with Gasteiger partial charge in [-0.2, -0.15) is 4.39 Å². The van der Waals surface area contributed by atoms with E-state index < -0.39 is 22.5 Å². The maximum absolute atomic E-state index is 13.9. The van der Waals surface area contributed by atoms with Gasteiger partial charge in [0.05, 0.1) is 10.6 Å². The van der Waals surface area contributed by atoms with Crippen LogP contribution in [0.1, 0.15) is 12.8 Å². The first-order chi connectivity index (χ1) is 11.4. The number of nitrogens with zero attached hydrogens (tertiary/aromatic N) is 2. The van der Waals surface area contributed by atoms with Crippen molar-refractivity contribution in [1.29, 1.82) is 0 Å². The molecule has 1 aliphatic rings. The van der Waals surface area contributed by atoms with Gasteiger partial charge >= 0.3 is 11.8 Å². The van der Waals surface area contributed by atoms with Crippen molar-refractivity contribution < 1.29 is 19.2 Å². The monoisotopic (exact) mass is 469 g/mol. The summed E-state index contributed by atoms with van der Waals surface area (Å²) in [7, 11) is 0. The molecule has 2 rings (SSSR count). The number of amides is 1. The number of rotatable bonds is 6. The summed E-state index contributed by atoms with van der Waals surface area (Å²) in [6.07, 6.45) is 0.269. The number of thioether (sulfide) groups is 1. The number of piperidine rings is 1. The van der Waals surface area contributed by atoms with E-state index in [1.54, 1.807) is 0 Å². The third-order valence-electron chi connectivity index (χ3n) is 3.71. The van der Waals surface area contributed by atoms with Gasteiger partial charge in [0.1, 0.15) is 0 Å². The molecule has 0 aromatic heterocycles. The molecule has 1 saturated heterocycles. The molecule has 0 saturated carbocycles. The predicted octanol–water partition coefficient (Wildman–Crippen LogP) is 3.82. The first-order valence-corrected chi connectivity index (χ1v) is 9.84. The number of nitrogens with one attached hydrogen (secondary N) is 1. The highest BCUT2D eigenvalue weighted by molar-refractivity contribution is 14.1. The van der Waals surface area contributed by atoms with Crippen LogP contribution in [-0.2, 0) is 0 Å². The summed E-state index contributed by atoms with van der Waals surface area (Å²) in [5.41, 5.74) is -0.0222. The minimum Gasteiger partial charge on any atom is -0.465 e. The maximum atomic E-state index is 13.9. The Morgan fingerprint density at radius 3 is 2.71 bits per heavy atom. The summed E-state index contributed by atoms with van der Waals surface area (Å²) in [4.78, 5) is 23.1. The van der Waals surface area contributed by atoms with Gasteiger partial charge in [0.25, 0.3) is 0 Å². The molecule has 0 aliphatic carbocycles. The number of carboxylic acid groups (broad SMARTS) is 1. The van der Waals surface area contributed by atoms with Crippen molar-refractivity contribution in [2.45, 2.75) is 23.8 Å². The molecule has 1 aliphatic heterocycles. The van der Waals surface area contributed by atoms with Crippen LogP contribution in [0.3, 0.4) is 0 Å². The molecule has 7 nitrogen and oxygen atoms in total. The van der Waals surface area contributed by atoms with Gasteiger partial charge in [-0.25, -0.2) is 4.79 Å². The molecule has 0 radical (unpaired) electrons. The van der Waals surface area contributed by atoms with E-state index in [0.717, 1.165) is 10.2 Å². The molecule has 2 N–H and O–H groups in total. The van der Waals surface area contributed by atoms with Crippen molar-refractivity contribution in [3.8, 4) is 0 Å². The molecule has 132 valence electrons. The number of halogens is 2. The van der Waals surface area contributed by atoms with Crippen LogP contribution < -0.4 is 5.32 Å². The minimum absolute atomic E-state index is 0.00427. The Labute approximate surface area is 156 Å². The smallest absolute Gasteiger partial charge is 0.407 e. The van der Waals surface area contributed by atoms with Gasteiger partial charge in [-0.1, -0.05) is 22.6 Å². The fraction of sp³-hybridized carbons (Fsp3) is 0.500. The average molecular weight is 469 g/mol. The lowest BCUT2D eigenvalue weighted by Gasteiger charge is -2.31. The van der Waals surface area contributed by atoms with Crippen molar-refractivity contribution in [3.05, 3.63) is 28.1 Å². The van der Waals surface area contributed by atoms with Gasteiger partial charge in [0.2, 0.25) is 5.82 Å². The summed E-state index contributed by atoms with van der Waals surface area (Å²) >= 11 is 3.65. The Bertz CT molecular complexity index is 626. The average Bonchev–Trinajstić information content (AvgIpc) is 2.54. The molecule has 0 atom stereocenters. The SMILES string of the molecule is O=C(O)N1CCC(Nc2cc([N+](=O)[O-])c(F)cc2SCCI)CC1. The van der Waals surface area contributed by atoms with Gasteiger partial charge in [0, 0.05) is 40.3 Å². The molecule has 1 aromatic rings. The maximum Gasteiger partial charge on any atom is 0.407 e. The second-order valence-corrected chi connectivity index (χ2v) is 7.50. The van der Waals surface area contributed by atoms with E-state index in [-0.39, 0.29) is 6.04 Å². The summed E-state index contributed by atoms with van der Waals surface area (Å²) in [6, 6.07) is 2.43. The summed E-state index contributed by atoms with van der Waals surface area (Å²) in [5.74, 6) is -0.0774. The molecular weight excluding hydrogens is 452 g/mol. The van der Waals surface area contributed by atoms with Crippen molar-refractivity contribution in [3.63, 3.8) is 0 Å². The lowest BCUT2D eigenvalue weighted by molar-refractivity contribution is -0.387. The van der Waals surface area contributed by atoms with Gasteiger partial charge in [0.15, 0.2) is 0 Å². The van der Waals surface area contributed by atoms with E-state index in [1.807, 2.05) is 0 Å². The van der Waals surface area contributed by atoms with Crippen LogP contribution >= 0.6 is 34.4 Å². The van der Waals surface area contributed by atoms with E-state index in [2.05, 4.69) is 27.9 Å². The summed E-state index contributed by atoms with van der Waals surface area (Å²) in [5, 5.41) is 23.2. The van der Waals surface area contributed by atoms with E-state index in [4.69, 9.17) is 5.11 Å². The number of carbonyl (C=O) groups is 1. The number of likely N-dealkylation sites (tertiary alicyclic amines) is 1. The summed E-state index contributed by atoms with van der Waals surface area (Å²) < 4.78 is 14.7. The molecule has 1 heterocycles. The zero-order chi connectivity index (χ0) is 17.7. The standard InChI is InChI=1S/C14H17FIN3O4S/c15-10-7-13(24-6-3-16)11(8-12(10)19(22)23)17-9-1-4-18(5-2-9)14(20)21/h7-9,17H,1-6H2,(H,20,21). The summed E-state index contributed by atoms with van der Waals surface area (Å²) in [6.45, 7) is 0.818. The topological polar surface area (TPSA) is 95.7 Å². The molecule has 1 amide bonds. The lowest BCUT2D eigenvalue weighted by atomic mass is 10.0. The molecule has 0 spiro atoms. The quantitative estimate of drug-likeness (QED) is 0.216. The van der Waals surface area contributed by atoms with Gasteiger partial charge in [-0.05, 0) is 18.9 Å². The predicted molar refractivity (Wildman–Crippen MR) is 98.9 cm³/mol. The number of hydrogen-bond acceptors (Lipinski definition) is 5. The molecule has 0 unspecified atom stereocenters. The van der Waals surface area contributed by atoms with Crippen LogP contribution in [0.4, 0.5) is 20.6 Å². The highest BCUT2D eigenvalue weighted by atomic mass is 127. The molecular formula is C14H17FIN3O4S. The number of nitro benzene ring substituents is 1. The molecule has 10 heteroatoms. The second-order valence-electron chi connectivity index (χ2n) is 5.28. The Morgan fingerprint density at radius 1 is 1.50 bits per heavy atom. The molecule has 1 aromatic carbocycles.